The molecule has 1 aromatic rings. The molecule has 0 N–H and O–H groups in total. The first kappa shape index (κ1) is 27.8. The summed E-state index contributed by atoms with van der Waals surface area (Å²) in [7, 11) is 6.44. The Morgan fingerprint density at radius 2 is 1.64 bits per heavy atom. The maximum atomic E-state index is 13.4. The Labute approximate surface area is 211 Å². The van der Waals surface area contributed by atoms with Gasteiger partial charge in [0.1, 0.15) is 0 Å². The summed E-state index contributed by atoms with van der Waals surface area (Å²) in [6.45, 7) is 1.44. The number of rotatable bonds is 10. The summed E-state index contributed by atoms with van der Waals surface area (Å²) in [5, 5.41) is 0. The normalized spacial score (nSPS) is 26.8. The smallest absolute Gasteiger partial charge is 0.493 e. The van der Waals surface area contributed by atoms with Crippen molar-refractivity contribution in [2.45, 2.75) is 17.8 Å². The number of fused-ring (bicyclic) bond motifs is 2. The molecule has 0 aliphatic heterocycles. The lowest BCUT2D eigenvalue weighted by atomic mass is 9.53. The summed E-state index contributed by atoms with van der Waals surface area (Å²) >= 11 is 0. The number of hydrogen-bond donors (Lipinski definition) is 0. The van der Waals surface area contributed by atoms with E-state index in [-0.39, 0.29) is 0 Å². The van der Waals surface area contributed by atoms with Gasteiger partial charge in [-0.05, 0) is 27.8 Å². The summed E-state index contributed by atoms with van der Waals surface area (Å²) in [6.07, 6.45) is 3.88. The van der Waals surface area contributed by atoms with Crippen LogP contribution in [0.1, 0.15) is 11.5 Å². The third-order valence-corrected chi connectivity index (χ3v) is 7.39. The molecule has 11 heteroatoms. The minimum Gasteiger partial charge on any atom is -0.493 e. The van der Waals surface area contributed by atoms with Gasteiger partial charge in [-0.2, -0.15) is 0 Å². The molecule has 4 rings (SSSR count). The second-order valence-corrected chi connectivity index (χ2v) is 9.45. The summed E-state index contributed by atoms with van der Waals surface area (Å²) < 4.78 is 50.9. The van der Waals surface area contributed by atoms with E-state index in [9.17, 15) is 14.2 Å². The van der Waals surface area contributed by atoms with Crippen LogP contribution in [-0.2, 0) is 37.6 Å². The van der Waals surface area contributed by atoms with E-state index in [1.807, 2.05) is 12.1 Å². The number of methoxy groups -OCH3 is 6. The van der Waals surface area contributed by atoms with Gasteiger partial charge in [0.15, 0.2) is 24.3 Å². The highest BCUT2D eigenvalue weighted by molar-refractivity contribution is 7.38. The summed E-state index contributed by atoms with van der Waals surface area (Å²) in [6, 6.07) is 5.38. The highest BCUT2D eigenvalue weighted by Gasteiger charge is 2.68. The van der Waals surface area contributed by atoms with Gasteiger partial charge in [-0.25, -0.2) is 4.79 Å². The Morgan fingerprint density at radius 3 is 2.17 bits per heavy atom. The monoisotopic (exact) mass is 523 g/mol. The number of allylic oxidation sites excluding steroid dienone is 1. The van der Waals surface area contributed by atoms with Gasteiger partial charge in [0, 0.05) is 32.1 Å². The van der Waals surface area contributed by atoms with E-state index < -0.39 is 55.5 Å². The molecular weight excluding hydrogens is 491 g/mol. The molecule has 0 saturated heterocycles. The van der Waals surface area contributed by atoms with Crippen molar-refractivity contribution >= 4 is 20.0 Å². The Balaban J connectivity index is 2.30. The molecule has 6 unspecified atom stereocenters. The van der Waals surface area contributed by atoms with Gasteiger partial charge in [0.25, 0.3) is 0 Å². The molecule has 0 radical (unpaired) electrons. The quantitative estimate of drug-likeness (QED) is 0.196. The van der Waals surface area contributed by atoms with Gasteiger partial charge >= 0.3 is 20.0 Å². The predicted molar refractivity (Wildman–Crippen MR) is 129 cm³/mol. The van der Waals surface area contributed by atoms with Gasteiger partial charge in [-0.3, -0.25) is 4.79 Å². The van der Waals surface area contributed by atoms with Crippen LogP contribution in [0.2, 0.25) is 0 Å². The van der Waals surface area contributed by atoms with E-state index in [0.717, 1.165) is 5.56 Å². The van der Waals surface area contributed by atoms with Crippen LogP contribution in [0.5, 0.6) is 11.5 Å². The molecule has 36 heavy (non-hydrogen) atoms. The Bertz CT molecular complexity index is 1060. The van der Waals surface area contributed by atoms with Crippen LogP contribution in [0.4, 0.5) is 0 Å². The van der Waals surface area contributed by atoms with Gasteiger partial charge < -0.3 is 28.4 Å². The molecule has 2 bridgehead atoms. The number of carbonyl (C=O) groups is 2. The fourth-order valence-corrected chi connectivity index (χ4v) is 6.07. The highest BCUT2D eigenvalue weighted by atomic mass is 31.1. The van der Waals surface area contributed by atoms with Gasteiger partial charge in [-0.1, -0.05) is 18.2 Å². The number of hydrogen-bond acceptors (Lipinski definition) is 10. The largest absolute Gasteiger partial charge is 0.505 e. The highest BCUT2D eigenvalue weighted by Crippen LogP contribution is 2.61. The van der Waals surface area contributed by atoms with E-state index >= 15 is 0 Å². The third kappa shape index (κ3) is 4.78. The molecule has 3 aliphatic carbocycles. The lowest BCUT2D eigenvalue weighted by Gasteiger charge is -2.57. The first-order valence-electron chi connectivity index (χ1n) is 11.2. The Kier molecular flexibility index (Phi) is 8.89. The van der Waals surface area contributed by atoms with Crippen molar-refractivity contribution in [2.75, 3.05) is 49.3 Å². The van der Waals surface area contributed by atoms with Crippen molar-refractivity contribution in [1.29, 1.82) is 0 Å². The fraction of sp³-hybridized carbons (Fsp3) is 0.520. The van der Waals surface area contributed by atoms with Crippen LogP contribution in [0, 0.1) is 17.8 Å². The maximum absolute atomic E-state index is 13.4. The number of esters is 2. The van der Waals surface area contributed by atoms with E-state index in [2.05, 4.69) is 0 Å². The van der Waals surface area contributed by atoms with Crippen molar-refractivity contribution in [2.24, 2.45) is 17.8 Å². The first-order chi connectivity index (χ1) is 17.2. The predicted octanol–water partition coefficient (Wildman–Crippen LogP) is 3.24. The molecule has 1 saturated carbocycles. The SMILES string of the molecule is COC(=O)/C=C/C1=CC2C(c3ccc(OC)c(OC)c3)C(C(=O)OC)C1C(OC)(OC)C2O[P+](C)=O. The molecular formula is C25H32O10P+. The second-order valence-electron chi connectivity index (χ2n) is 8.36. The lowest BCUT2D eigenvalue weighted by molar-refractivity contribution is -0.310. The van der Waals surface area contributed by atoms with E-state index in [1.165, 1.54) is 55.4 Å². The molecule has 196 valence electrons. The zero-order chi connectivity index (χ0) is 26.6. The van der Waals surface area contributed by atoms with Crippen molar-refractivity contribution in [3.05, 3.63) is 47.6 Å². The van der Waals surface area contributed by atoms with Crippen LogP contribution in [0.25, 0.3) is 0 Å². The first-order valence-corrected chi connectivity index (χ1v) is 12.8. The van der Waals surface area contributed by atoms with Gasteiger partial charge in [-0.15, -0.1) is 4.52 Å². The topological polar surface area (TPSA) is 116 Å². The van der Waals surface area contributed by atoms with E-state index in [4.69, 9.17) is 32.9 Å². The number of benzene rings is 1. The minimum atomic E-state index is -2.07. The van der Waals surface area contributed by atoms with Crippen molar-refractivity contribution in [3.63, 3.8) is 0 Å². The van der Waals surface area contributed by atoms with Gasteiger partial charge in [0.05, 0.1) is 40.3 Å². The number of ether oxygens (including phenoxy) is 6. The summed E-state index contributed by atoms with van der Waals surface area (Å²) in [5.41, 5.74) is 1.36. The molecule has 0 amide bonds. The van der Waals surface area contributed by atoms with Crippen molar-refractivity contribution in [3.8, 4) is 11.5 Å². The van der Waals surface area contributed by atoms with E-state index in [1.54, 1.807) is 18.2 Å². The third-order valence-electron chi connectivity index (χ3n) is 6.86. The summed E-state index contributed by atoms with van der Waals surface area (Å²) in [4.78, 5) is 25.3. The van der Waals surface area contributed by atoms with Crippen LogP contribution in [-0.4, -0.2) is 73.2 Å². The van der Waals surface area contributed by atoms with Crippen molar-refractivity contribution < 1.29 is 47.1 Å². The lowest BCUT2D eigenvalue weighted by Crippen LogP contribution is -2.67. The van der Waals surface area contributed by atoms with Crippen LogP contribution >= 0.6 is 8.03 Å². The zero-order valence-corrected chi connectivity index (χ0v) is 22.3. The molecule has 6 atom stereocenters. The van der Waals surface area contributed by atoms with Crippen LogP contribution in [0.15, 0.2) is 42.0 Å². The fourth-order valence-electron chi connectivity index (χ4n) is 5.46. The number of carbonyl (C=O) groups excluding carboxylic acids is 2. The summed E-state index contributed by atoms with van der Waals surface area (Å²) in [5.74, 6) is -4.20. The van der Waals surface area contributed by atoms with E-state index in [0.29, 0.717) is 17.1 Å². The molecule has 0 aromatic heterocycles. The van der Waals surface area contributed by atoms with Crippen LogP contribution < -0.4 is 9.47 Å². The molecule has 10 nitrogen and oxygen atoms in total. The Morgan fingerprint density at radius 1 is 0.972 bits per heavy atom. The second kappa shape index (κ2) is 11.5. The minimum absolute atomic E-state index is 0.485. The molecule has 1 fully saturated rings. The maximum Gasteiger partial charge on any atom is 0.505 e. The van der Waals surface area contributed by atoms with Gasteiger partial charge in [0.2, 0.25) is 5.79 Å². The molecule has 0 spiro atoms. The van der Waals surface area contributed by atoms with Crippen LogP contribution in [0.3, 0.4) is 0 Å². The van der Waals surface area contributed by atoms with Crippen molar-refractivity contribution in [1.82, 2.24) is 0 Å². The average Bonchev–Trinajstić information content (AvgIpc) is 2.90. The molecule has 1 aromatic carbocycles. The standard InChI is InChI=1S/C25H32O10P/c1-29-17-10-8-14(13-18(17)30-2)20-16-12-15(9-11-19(26)31-3)22(21(20)24(27)32-4)25(33-5,34-6)23(16)35-36(7)28/h8-13,16,20-23H,1-7H3/q+1/b11-9+. The average molecular weight is 523 g/mol. The molecule has 0 heterocycles. The zero-order valence-electron chi connectivity index (χ0n) is 21.4. The molecule has 3 aliphatic rings. The Hall–Kier alpha value is -2.78.